The first-order chi connectivity index (χ1) is 8.21. The van der Waals surface area contributed by atoms with Crippen LogP contribution in [0.1, 0.15) is 45.4 Å². The van der Waals surface area contributed by atoms with Crippen LogP contribution in [0.2, 0.25) is 0 Å². The lowest BCUT2D eigenvalue weighted by Gasteiger charge is -2.04. The van der Waals surface area contributed by atoms with Crippen molar-refractivity contribution in [2.24, 2.45) is 10.9 Å². The second-order valence-corrected chi connectivity index (χ2v) is 4.24. The Morgan fingerprint density at radius 3 is 2.65 bits per heavy atom. The van der Waals surface area contributed by atoms with Gasteiger partial charge in [-0.25, -0.2) is 0 Å². The maximum Gasteiger partial charge on any atom is 0.0882 e. The smallest absolute Gasteiger partial charge is 0.0882 e. The largest absolute Gasteiger partial charge is 0.259 e. The number of allylic oxidation sites excluding steroid dienone is 1. The molecule has 1 rings (SSSR count). The average molecular weight is 230 g/mol. The van der Waals surface area contributed by atoms with Gasteiger partial charge in [0, 0.05) is 12.4 Å². The fourth-order valence-electron chi connectivity index (χ4n) is 1.39. The fourth-order valence-corrected chi connectivity index (χ4v) is 1.39. The van der Waals surface area contributed by atoms with Gasteiger partial charge in [0.05, 0.1) is 11.4 Å². The van der Waals surface area contributed by atoms with Gasteiger partial charge in [-0.05, 0) is 37.3 Å². The third-order valence-corrected chi connectivity index (χ3v) is 2.88. The maximum atomic E-state index is 4.51. The number of hydrogen-bond acceptors (Lipinski definition) is 2. The lowest BCUT2D eigenvalue weighted by molar-refractivity contribution is 0.755. The molecule has 2 heteroatoms. The third kappa shape index (κ3) is 4.14. The van der Waals surface area contributed by atoms with Crippen molar-refractivity contribution < 1.29 is 0 Å². The van der Waals surface area contributed by atoms with E-state index in [1.54, 1.807) is 0 Å². The number of rotatable bonds is 5. The number of nitrogens with zero attached hydrogens (tertiary/aromatic N) is 2. The molecule has 0 N–H and O–H groups in total. The first-order valence-electron chi connectivity index (χ1n) is 6.37. The molecular weight excluding hydrogens is 208 g/mol. The van der Waals surface area contributed by atoms with Crippen LogP contribution in [-0.2, 0) is 6.42 Å². The van der Waals surface area contributed by atoms with Gasteiger partial charge in [0.1, 0.15) is 0 Å². The van der Waals surface area contributed by atoms with Crippen molar-refractivity contribution in [1.29, 1.82) is 0 Å². The van der Waals surface area contributed by atoms with Crippen LogP contribution in [0.3, 0.4) is 0 Å². The summed E-state index contributed by atoms with van der Waals surface area (Å²) in [5.74, 6) is 0.514. The fraction of sp³-hybridized carbons (Fsp3) is 0.467. The number of hydrogen-bond donors (Lipinski definition) is 0. The van der Waals surface area contributed by atoms with Crippen LogP contribution in [-0.4, -0.2) is 11.2 Å². The second kappa shape index (κ2) is 7.00. The molecule has 0 amide bonds. The van der Waals surface area contributed by atoms with Gasteiger partial charge < -0.3 is 0 Å². The lowest BCUT2D eigenvalue weighted by Crippen LogP contribution is -1.94. The van der Waals surface area contributed by atoms with Gasteiger partial charge in [-0.2, -0.15) is 0 Å². The molecule has 0 aliphatic rings. The molecule has 0 saturated carbocycles. The number of aryl methyl sites for hydroxylation is 1. The first kappa shape index (κ1) is 13.6. The Balaban J connectivity index is 2.84. The van der Waals surface area contributed by atoms with Crippen molar-refractivity contribution in [2.75, 3.05) is 0 Å². The monoisotopic (exact) mass is 230 g/mol. The highest BCUT2D eigenvalue weighted by molar-refractivity contribution is 5.73. The van der Waals surface area contributed by atoms with Crippen LogP contribution in [0.15, 0.2) is 29.4 Å². The highest BCUT2D eigenvalue weighted by Gasteiger charge is 2.01. The Bertz CT molecular complexity index is 388. The van der Waals surface area contributed by atoms with Crippen molar-refractivity contribution in [1.82, 2.24) is 4.98 Å². The minimum absolute atomic E-state index is 0.514. The number of aromatic nitrogens is 1. The van der Waals surface area contributed by atoms with Gasteiger partial charge in [0.15, 0.2) is 0 Å². The summed E-state index contributed by atoms with van der Waals surface area (Å²) in [6.07, 6.45) is 8.08. The minimum atomic E-state index is 0.514. The molecule has 2 nitrogen and oxygen atoms in total. The minimum Gasteiger partial charge on any atom is -0.259 e. The zero-order valence-corrected chi connectivity index (χ0v) is 11.3. The van der Waals surface area contributed by atoms with Crippen LogP contribution in [0, 0.1) is 5.92 Å². The molecule has 1 aromatic rings. The van der Waals surface area contributed by atoms with Crippen LogP contribution in [0.4, 0.5) is 0 Å². The maximum absolute atomic E-state index is 4.51. The molecular formula is C15H22N2. The summed E-state index contributed by atoms with van der Waals surface area (Å²) in [5, 5.41) is 0. The van der Waals surface area contributed by atoms with Gasteiger partial charge in [-0.1, -0.05) is 32.9 Å². The molecule has 0 fully saturated rings. The predicted molar refractivity (Wildman–Crippen MR) is 75.2 cm³/mol. The second-order valence-electron chi connectivity index (χ2n) is 4.24. The van der Waals surface area contributed by atoms with Crippen molar-refractivity contribution in [3.05, 3.63) is 35.7 Å². The Labute approximate surface area is 105 Å². The summed E-state index contributed by atoms with van der Waals surface area (Å²) in [4.78, 5) is 8.95. The van der Waals surface area contributed by atoms with E-state index in [2.05, 4.69) is 36.8 Å². The third-order valence-electron chi connectivity index (χ3n) is 2.88. The summed E-state index contributed by atoms with van der Waals surface area (Å²) >= 11 is 0. The molecule has 0 spiro atoms. The van der Waals surface area contributed by atoms with Crippen molar-refractivity contribution in [2.45, 2.75) is 40.5 Å². The number of aliphatic imine (C=N–C) groups is 1. The van der Waals surface area contributed by atoms with E-state index >= 15 is 0 Å². The van der Waals surface area contributed by atoms with Gasteiger partial charge in [0.25, 0.3) is 0 Å². The van der Waals surface area contributed by atoms with Gasteiger partial charge in [0.2, 0.25) is 0 Å². The first-order valence-corrected chi connectivity index (χ1v) is 6.37. The summed E-state index contributed by atoms with van der Waals surface area (Å²) in [7, 11) is 0. The molecule has 92 valence electrons. The molecule has 0 aromatic carbocycles. The molecule has 1 atom stereocenters. The Morgan fingerprint density at radius 1 is 1.41 bits per heavy atom. The Kier molecular flexibility index (Phi) is 5.61. The summed E-state index contributed by atoms with van der Waals surface area (Å²) in [6, 6.07) is 4.16. The normalized spacial score (nSPS) is 14.2. The SMILES string of the molecule is C/C=C(\N=CC(C)CC)c1ccc(CC)cn1. The summed E-state index contributed by atoms with van der Waals surface area (Å²) in [5.41, 5.74) is 3.16. The van der Waals surface area contributed by atoms with Crippen molar-refractivity contribution in [3.63, 3.8) is 0 Å². The van der Waals surface area contributed by atoms with Crippen LogP contribution in [0.5, 0.6) is 0 Å². The van der Waals surface area contributed by atoms with Gasteiger partial charge in [-0.3, -0.25) is 9.98 Å². The standard InChI is InChI=1S/C15H22N2/c1-5-12(4)10-16-14(7-3)15-9-8-13(6-2)11-17-15/h7-12H,5-6H2,1-4H3/b14-7-,16-10?. The number of pyridine rings is 1. The molecule has 0 radical (unpaired) electrons. The van der Waals surface area contributed by atoms with E-state index in [1.165, 1.54) is 5.56 Å². The molecule has 1 aromatic heterocycles. The zero-order valence-electron chi connectivity index (χ0n) is 11.3. The van der Waals surface area contributed by atoms with Crippen molar-refractivity contribution in [3.8, 4) is 0 Å². The molecule has 17 heavy (non-hydrogen) atoms. The topological polar surface area (TPSA) is 25.2 Å². The molecule has 1 heterocycles. The van der Waals surface area contributed by atoms with E-state index < -0.39 is 0 Å². The highest BCUT2D eigenvalue weighted by atomic mass is 14.8. The summed E-state index contributed by atoms with van der Waals surface area (Å²) < 4.78 is 0. The highest BCUT2D eigenvalue weighted by Crippen LogP contribution is 2.14. The van der Waals surface area contributed by atoms with Crippen LogP contribution >= 0.6 is 0 Å². The average Bonchev–Trinajstić information content (AvgIpc) is 2.39. The lowest BCUT2D eigenvalue weighted by atomic mass is 10.1. The predicted octanol–water partition coefficient (Wildman–Crippen LogP) is 4.12. The van der Waals surface area contributed by atoms with E-state index in [4.69, 9.17) is 0 Å². The van der Waals surface area contributed by atoms with E-state index in [-0.39, 0.29) is 0 Å². The van der Waals surface area contributed by atoms with Gasteiger partial charge >= 0.3 is 0 Å². The van der Waals surface area contributed by atoms with Crippen LogP contribution < -0.4 is 0 Å². The van der Waals surface area contributed by atoms with E-state index in [9.17, 15) is 0 Å². The van der Waals surface area contributed by atoms with Gasteiger partial charge in [-0.15, -0.1) is 0 Å². The zero-order chi connectivity index (χ0) is 12.7. The summed E-state index contributed by atoms with van der Waals surface area (Å²) in [6.45, 7) is 8.47. The van der Waals surface area contributed by atoms with Crippen LogP contribution in [0.25, 0.3) is 5.70 Å². The van der Waals surface area contributed by atoms with E-state index in [1.807, 2.05) is 31.5 Å². The molecule has 0 saturated heterocycles. The Morgan fingerprint density at radius 2 is 2.18 bits per heavy atom. The van der Waals surface area contributed by atoms with E-state index in [0.717, 1.165) is 24.2 Å². The molecule has 1 unspecified atom stereocenters. The quantitative estimate of drug-likeness (QED) is 0.698. The Hall–Kier alpha value is -1.44. The van der Waals surface area contributed by atoms with E-state index in [0.29, 0.717) is 5.92 Å². The molecule has 0 aliphatic carbocycles. The van der Waals surface area contributed by atoms with Crippen molar-refractivity contribution >= 4 is 11.9 Å². The molecule has 0 bridgehead atoms. The molecule has 0 aliphatic heterocycles.